The van der Waals surface area contributed by atoms with Gasteiger partial charge in [-0.1, -0.05) is 11.6 Å². The maximum atomic E-state index is 13.6. The maximum absolute atomic E-state index is 13.6. The number of nitrogens with zero attached hydrogens (tertiary/aromatic N) is 3. The number of halogens is 2. The summed E-state index contributed by atoms with van der Waals surface area (Å²) in [6.07, 6.45) is 2.74. The van der Waals surface area contributed by atoms with Gasteiger partial charge in [0, 0.05) is 31.4 Å². The number of nitro benzene ring substituents is 1. The number of benzene rings is 1. The molecule has 2 aromatic rings. The quantitative estimate of drug-likeness (QED) is 0.648. The van der Waals surface area contributed by atoms with Gasteiger partial charge in [0.25, 0.3) is 5.69 Å². The van der Waals surface area contributed by atoms with Crippen molar-refractivity contribution in [1.29, 1.82) is 0 Å². The molecule has 0 bridgehead atoms. The highest BCUT2D eigenvalue weighted by Crippen LogP contribution is 2.32. The molecular weight excluding hydrogens is 363 g/mol. The third-order valence-electron chi connectivity index (χ3n) is 4.25. The Labute approximate surface area is 153 Å². The molecule has 1 atom stereocenters. The van der Waals surface area contributed by atoms with Crippen LogP contribution in [0, 0.1) is 21.8 Å². The van der Waals surface area contributed by atoms with Crippen molar-refractivity contribution in [2.24, 2.45) is 5.92 Å². The van der Waals surface area contributed by atoms with E-state index in [0.717, 1.165) is 18.2 Å². The van der Waals surface area contributed by atoms with E-state index in [9.17, 15) is 19.3 Å². The molecule has 1 saturated heterocycles. The monoisotopic (exact) mass is 378 g/mol. The average Bonchev–Trinajstić information content (AvgIpc) is 2.63. The van der Waals surface area contributed by atoms with Gasteiger partial charge in [0.15, 0.2) is 0 Å². The van der Waals surface area contributed by atoms with Crippen LogP contribution in [0.2, 0.25) is 5.02 Å². The highest BCUT2D eigenvalue weighted by molar-refractivity contribution is 6.30. The van der Waals surface area contributed by atoms with Crippen molar-refractivity contribution in [2.75, 3.05) is 23.3 Å². The molecule has 0 radical (unpaired) electrons. The van der Waals surface area contributed by atoms with Gasteiger partial charge in [0.05, 0.1) is 15.9 Å². The van der Waals surface area contributed by atoms with Crippen LogP contribution in [0.25, 0.3) is 0 Å². The van der Waals surface area contributed by atoms with Crippen LogP contribution in [-0.4, -0.2) is 28.9 Å². The molecule has 1 aromatic carbocycles. The summed E-state index contributed by atoms with van der Waals surface area (Å²) in [4.78, 5) is 28.9. The number of carbonyl (C=O) groups is 1. The van der Waals surface area contributed by atoms with Crippen LogP contribution in [0.15, 0.2) is 36.5 Å². The fourth-order valence-electron chi connectivity index (χ4n) is 2.99. The molecule has 1 amide bonds. The van der Waals surface area contributed by atoms with Gasteiger partial charge in [0.1, 0.15) is 17.3 Å². The lowest BCUT2D eigenvalue weighted by atomic mass is 9.96. The third-order valence-corrected chi connectivity index (χ3v) is 4.47. The predicted octanol–water partition coefficient (Wildman–Crippen LogP) is 3.64. The first-order valence-corrected chi connectivity index (χ1v) is 8.43. The van der Waals surface area contributed by atoms with Crippen molar-refractivity contribution in [3.8, 4) is 0 Å². The fraction of sp³-hybridized carbons (Fsp3) is 0.294. The van der Waals surface area contributed by atoms with Crippen molar-refractivity contribution in [3.05, 3.63) is 57.5 Å². The van der Waals surface area contributed by atoms with Crippen molar-refractivity contribution in [1.82, 2.24) is 4.98 Å². The van der Waals surface area contributed by atoms with Crippen LogP contribution < -0.4 is 10.2 Å². The molecule has 1 aliphatic rings. The molecule has 1 aliphatic heterocycles. The number of amides is 1. The third kappa shape index (κ3) is 4.08. The number of piperidine rings is 1. The topological polar surface area (TPSA) is 88.4 Å². The van der Waals surface area contributed by atoms with E-state index < -0.39 is 10.7 Å². The van der Waals surface area contributed by atoms with Crippen molar-refractivity contribution in [2.45, 2.75) is 12.8 Å². The summed E-state index contributed by atoms with van der Waals surface area (Å²) in [5, 5.41) is 14.4. The standard InChI is InChI=1S/C17H16ClFN4O3/c18-12-3-6-16(20-9-12)21-17(24)11-2-1-7-22(10-11)15-8-13(19)4-5-14(15)23(25)26/h3-6,8-9,11H,1-2,7,10H2,(H,20,21,24). The minimum absolute atomic E-state index is 0.174. The van der Waals surface area contributed by atoms with E-state index in [1.54, 1.807) is 17.0 Å². The molecule has 0 aliphatic carbocycles. The van der Waals surface area contributed by atoms with Gasteiger partial charge >= 0.3 is 0 Å². The fourth-order valence-corrected chi connectivity index (χ4v) is 3.10. The summed E-state index contributed by atoms with van der Waals surface area (Å²) in [5.74, 6) is -0.788. The highest BCUT2D eigenvalue weighted by atomic mass is 35.5. The molecule has 2 heterocycles. The average molecular weight is 379 g/mol. The number of pyridine rings is 1. The van der Waals surface area contributed by atoms with Crippen LogP contribution in [0.5, 0.6) is 0 Å². The van der Waals surface area contributed by atoms with E-state index in [1.165, 1.54) is 6.20 Å². The van der Waals surface area contributed by atoms with Gasteiger partial charge < -0.3 is 10.2 Å². The van der Waals surface area contributed by atoms with Gasteiger partial charge in [-0.05, 0) is 31.0 Å². The summed E-state index contributed by atoms with van der Waals surface area (Å²) in [5.41, 5.74) is 0.0175. The van der Waals surface area contributed by atoms with E-state index in [4.69, 9.17) is 11.6 Å². The van der Waals surface area contributed by atoms with Gasteiger partial charge in [-0.25, -0.2) is 9.37 Å². The second-order valence-corrected chi connectivity index (χ2v) is 6.46. The zero-order valence-electron chi connectivity index (χ0n) is 13.7. The molecule has 0 saturated carbocycles. The van der Waals surface area contributed by atoms with Crippen molar-refractivity contribution >= 4 is 34.7 Å². The Kier molecular flexibility index (Phi) is 5.32. The SMILES string of the molecule is O=C(Nc1ccc(Cl)cn1)C1CCCN(c2cc(F)ccc2[N+](=O)[O-])C1. The zero-order chi connectivity index (χ0) is 18.7. The lowest BCUT2D eigenvalue weighted by Gasteiger charge is -2.33. The zero-order valence-corrected chi connectivity index (χ0v) is 14.4. The largest absolute Gasteiger partial charge is 0.365 e. The minimum Gasteiger partial charge on any atom is -0.365 e. The van der Waals surface area contributed by atoms with E-state index in [2.05, 4.69) is 10.3 Å². The molecule has 136 valence electrons. The lowest BCUT2D eigenvalue weighted by molar-refractivity contribution is -0.384. The van der Waals surface area contributed by atoms with Gasteiger partial charge in [-0.3, -0.25) is 14.9 Å². The normalized spacial score (nSPS) is 17.0. The Balaban J connectivity index is 1.75. The molecule has 26 heavy (non-hydrogen) atoms. The van der Waals surface area contributed by atoms with Crippen LogP contribution in [-0.2, 0) is 4.79 Å². The molecule has 0 spiro atoms. The number of nitrogens with one attached hydrogen (secondary N) is 1. The molecule has 7 nitrogen and oxygen atoms in total. The number of rotatable bonds is 4. The first-order chi connectivity index (χ1) is 12.4. The number of carbonyl (C=O) groups excluding carboxylic acids is 1. The number of aromatic nitrogens is 1. The first-order valence-electron chi connectivity index (χ1n) is 8.05. The minimum atomic E-state index is -0.553. The number of anilines is 2. The molecule has 1 N–H and O–H groups in total. The molecule has 1 aromatic heterocycles. The van der Waals surface area contributed by atoms with E-state index in [0.29, 0.717) is 30.2 Å². The lowest BCUT2D eigenvalue weighted by Crippen LogP contribution is -2.41. The molecule has 1 fully saturated rings. The van der Waals surface area contributed by atoms with Crippen molar-refractivity contribution < 1.29 is 14.1 Å². The highest BCUT2D eigenvalue weighted by Gasteiger charge is 2.29. The van der Waals surface area contributed by atoms with Crippen LogP contribution in [0.4, 0.5) is 21.6 Å². The number of hydrogen-bond acceptors (Lipinski definition) is 5. The Morgan fingerprint density at radius 1 is 1.38 bits per heavy atom. The van der Waals surface area contributed by atoms with Crippen LogP contribution in [0.3, 0.4) is 0 Å². The summed E-state index contributed by atoms with van der Waals surface area (Å²) in [7, 11) is 0. The Morgan fingerprint density at radius 2 is 2.19 bits per heavy atom. The predicted molar refractivity (Wildman–Crippen MR) is 95.9 cm³/mol. The molecule has 1 unspecified atom stereocenters. The number of nitro groups is 1. The van der Waals surface area contributed by atoms with Crippen LogP contribution >= 0.6 is 11.6 Å². The van der Waals surface area contributed by atoms with Gasteiger partial charge in [-0.2, -0.15) is 0 Å². The summed E-state index contributed by atoms with van der Waals surface area (Å²) in [6, 6.07) is 6.55. The summed E-state index contributed by atoms with van der Waals surface area (Å²) in [6.45, 7) is 0.789. The van der Waals surface area contributed by atoms with Gasteiger partial charge in [0.2, 0.25) is 5.91 Å². The summed E-state index contributed by atoms with van der Waals surface area (Å²) >= 11 is 5.77. The maximum Gasteiger partial charge on any atom is 0.292 e. The second kappa shape index (κ2) is 7.65. The second-order valence-electron chi connectivity index (χ2n) is 6.03. The smallest absolute Gasteiger partial charge is 0.292 e. The summed E-state index contributed by atoms with van der Waals surface area (Å²) < 4.78 is 13.6. The van der Waals surface area contributed by atoms with Crippen LogP contribution in [0.1, 0.15) is 12.8 Å². The number of hydrogen-bond donors (Lipinski definition) is 1. The molecule has 3 rings (SSSR count). The Hall–Kier alpha value is -2.74. The van der Waals surface area contributed by atoms with E-state index >= 15 is 0 Å². The van der Waals surface area contributed by atoms with E-state index in [1.807, 2.05) is 0 Å². The Bertz CT molecular complexity index is 831. The van der Waals surface area contributed by atoms with Gasteiger partial charge in [-0.15, -0.1) is 0 Å². The molecule has 9 heteroatoms. The first kappa shape index (κ1) is 18.1. The molecular formula is C17H16ClFN4O3. The van der Waals surface area contributed by atoms with Crippen molar-refractivity contribution in [3.63, 3.8) is 0 Å². The Morgan fingerprint density at radius 3 is 2.88 bits per heavy atom. The van der Waals surface area contributed by atoms with E-state index in [-0.39, 0.29) is 29.7 Å².